The Morgan fingerprint density at radius 1 is 1.29 bits per heavy atom. The van der Waals surface area contributed by atoms with Crippen LogP contribution in [-0.4, -0.2) is 34.3 Å². The molecule has 0 spiro atoms. The van der Waals surface area contributed by atoms with Crippen LogP contribution in [0.2, 0.25) is 0 Å². The quantitative estimate of drug-likeness (QED) is 0.791. The molecule has 0 radical (unpaired) electrons. The number of amides is 2. The average Bonchev–Trinajstić information content (AvgIpc) is 2.26. The smallest absolute Gasteiger partial charge is 0.315 e. The Morgan fingerprint density at radius 3 is 2.47 bits per heavy atom. The van der Waals surface area contributed by atoms with E-state index in [0.717, 1.165) is 32.1 Å². The van der Waals surface area contributed by atoms with Crippen molar-refractivity contribution < 1.29 is 9.00 Å². The second-order valence-corrected chi connectivity index (χ2v) is 6.37. The van der Waals surface area contributed by atoms with Gasteiger partial charge in [-0.25, -0.2) is 4.79 Å². The summed E-state index contributed by atoms with van der Waals surface area (Å²) in [6.45, 7) is 2.72. The summed E-state index contributed by atoms with van der Waals surface area (Å²) in [6.07, 6.45) is 7.99. The first-order valence-corrected chi connectivity index (χ1v) is 8.17. The van der Waals surface area contributed by atoms with Crippen molar-refractivity contribution in [1.82, 2.24) is 10.6 Å². The number of carbonyl (C=O) groups excluding carboxylic acids is 1. The second kappa shape index (κ2) is 6.99. The number of urea groups is 1. The van der Waals surface area contributed by atoms with E-state index in [0.29, 0.717) is 12.3 Å². The molecule has 1 unspecified atom stereocenters. The van der Waals surface area contributed by atoms with Gasteiger partial charge in [-0.15, -0.1) is 0 Å². The lowest BCUT2D eigenvalue weighted by atomic mass is 9.83. The maximum atomic E-state index is 11.7. The molecule has 1 aliphatic carbocycles. The van der Waals surface area contributed by atoms with Crippen molar-refractivity contribution in [3.8, 4) is 0 Å². The molecule has 4 nitrogen and oxygen atoms in total. The Balaban J connectivity index is 2.56. The maximum absolute atomic E-state index is 11.7. The van der Waals surface area contributed by atoms with Gasteiger partial charge in [0.2, 0.25) is 0 Å². The summed E-state index contributed by atoms with van der Waals surface area (Å²) < 4.78 is 11.5. The summed E-state index contributed by atoms with van der Waals surface area (Å²) >= 11 is 0. The first kappa shape index (κ1) is 14.5. The van der Waals surface area contributed by atoms with E-state index in [9.17, 15) is 9.00 Å². The van der Waals surface area contributed by atoms with Gasteiger partial charge >= 0.3 is 6.03 Å². The van der Waals surface area contributed by atoms with Gasteiger partial charge in [0.25, 0.3) is 0 Å². The van der Waals surface area contributed by atoms with E-state index < -0.39 is 10.8 Å². The van der Waals surface area contributed by atoms with Crippen LogP contribution in [0.25, 0.3) is 0 Å². The van der Waals surface area contributed by atoms with Gasteiger partial charge < -0.3 is 10.6 Å². The van der Waals surface area contributed by atoms with Gasteiger partial charge in [-0.1, -0.05) is 26.2 Å². The fraction of sp³-hybridized carbons (Fsp3) is 0.917. The van der Waals surface area contributed by atoms with E-state index in [2.05, 4.69) is 10.6 Å². The third-order valence-electron chi connectivity index (χ3n) is 3.20. The van der Waals surface area contributed by atoms with E-state index in [-0.39, 0.29) is 11.6 Å². The van der Waals surface area contributed by atoms with Gasteiger partial charge in [0.05, 0.1) is 5.54 Å². The van der Waals surface area contributed by atoms with Crippen LogP contribution in [0.1, 0.15) is 45.4 Å². The summed E-state index contributed by atoms with van der Waals surface area (Å²) in [5.41, 5.74) is -0.240. The van der Waals surface area contributed by atoms with Gasteiger partial charge in [0, 0.05) is 29.4 Å². The molecule has 2 N–H and O–H groups in total. The first-order chi connectivity index (χ1) is 8.08. The van der Waals surface area contributed by atoms with Crippen molar-refractivity contribution in [3.63, 3.8) is 0 Å². The van der Waals surface area contributed by atoms with E-state index in [1.165, 1.54) is 6.42 Å². The van der Waals surface area contributed by atoms with Gasteiger partial charge in [-0.3, -0.25) is 4.21 Å². The molecule has 100 valence electrons. The van der Waals surface area contributed by atoms with Crippen LogP contribution >= 0.6 is 0 Å². The van der Waals surface area contributed by atoms with E-state index in [4.69, 9.17) is 0 Å². The van der Waals surface area contributed by atoms with Crippen molar-refractivity contribution in [1.29, 1.82) is 0 Å². The van der Waals surface area contributed by atoms with Crippen LogP contribution in [-0.2, 0) is 10.8 Å². The highest BCUT2D eigenvalue weighted by Gasteiger charge is 2.34. The Bertz CT molecular complexity index is 276. The maximum Gasteiger partial charge on any atom is 0.315 e. The molecule has 1 atom stereocenters. The van der Waals surface area contributed by atoms with Crippen LogP contribution in [0.4, 0.5) is 4.79 Å². The zero-order chi connectivity index (χ0) is 12.7. The molecule has 1 rings (SSSR count). The lowest BCUT2D eigenvalue weighted by molar-refractivity contribution is 0.212. The van der Waals surface area contributed by atoms with Gasteiger partial charge in [-0.05, 0) is 19.3 Å². The Morgan fingerprint density at radius 2 is 1.94 bits per heavy atom. The number of carbonyl (C=O) groups is 1. The Kier molecular flexibility index (Phi) is 5.95. The van der Waals surface area contributed by atoms with Crippen LogP contribution in [0, 0.1) is 0 Å². The molecule has 17 heavy (non-hydrogen) atoms. The highest BCUT2D eigenvalue weighted by Crippen LogP contribution is 2.28. The highest BCUT2D eigenvalue weighted by molar-refractivity contribution is 7.84. The topological polar surface area (TPSA) is 58.2 Å². The lowest BCUT2D eigenvalue weighted by Crippen LogP contribution is -2.56. The summed E-state index contributed by atoms with van der Waals surface area (Å²) in [6, 6.07) is -0.112. The largest absolute Gasteiger partial charge is 0.338 e. The van der Waals surface area contributed by atoms with E-state index in [1.54, 1.807) is 6.26 Å². The number of rotatable bonds is 5. The standard InChI is InChI=1S/C12H24N2O2S/c1-3-9-13-11(15)14-12(10-17(2)16)7-5-4-6-8-12/h3-10H2,1-2H3,(H2,13,14,15). The molecule has 5 heteroatoms. The third-order valence-corrected chi connectivity index (χ3v) is 4.16. The number of hydrogen-bond donors (Lipinski definition) is 2. The van der Waals surface area contributed by atoms with Crippen molar-refractivity contribution >= 4 is 16.8 Å². The first-order valence-electron chi connectivity index (χ1n) is 6.44. The second-order valence-electron chi connectivity index (χ2n) is 4.94. The zero-order valence-electron chi connectivity index (χ0n) is 10.9. The number of nitrogens with one attached hydrogen (secondary N) is 2. The molecule has 1 fully saturated rings. The molecule has 0 heterocycles. The fourth-order valence-electron chi connectivity index (χ4n) is 2.45. The fourth-order valence-corrected chi connectivity index (χ4v) is 3.59. The van der Waals surface area contributed by atoms with Gasteiger partial charge in [0.15, 0.2) is 0 Å². The molecule has 1 aliphatic rings. The molecular weight excluding hydrogens is 236 g/mol. The van der Waals surface area contributed by atoms with Gasteiger partial charge in [-0.2, -0.15) is 0 Å². The van der Waals surface area contributed by atoms with E-state index in [1.807, 2.05) is 6.92 Å². The normalized spacial score (nSPS) is 20.6. The van der Waals surface area contributed by atoms with Crippen molar-refractivity contribution in [2.75, 3.05) is 18.6 Å². The van der Waals surface area contributed by atoms with Crippen LogP contribution in [0.5, 0.6) is 0 Å². The Labute approximate surface area is 106 Å². The molecule has 0 aliphatic heterocycles. The van der Waals surface area contributed by atoms with Gasteiger partial charge in [0.1, 0.15) is 0 Å². The van der Waals surface area contributed by atoms with Crippen LogP contribution < -0.4 is 10.6 Å². The summed E-state index contributed by atoms with van der Waals surface area (Å²) in [5.74, 6) is 0.576. The zero-order valence-corrected chi connectivity index (χ0v) is 11.7. The lowest BCUT2D eigenvalue weighted by Gasteiger charge is -2.37. The molecule has 0 aromatic carbocycles. The molecular formula is C12H24N2O2S. The molecule has 0 bridgehead atoms. The molecule has 1 saturated carbocycles. The van der Waals surface area contributed by atoms with Crippen LogP contribution in [0.3, 0.4) is 0 Å². The highest BCUT2D eigenvalue weighted by atomic mass is 32.2. The molecule has 0 aromatic rings. The summed E-state index contributed by atoms with van der Waals surface area (Å²) in [5, 5.41) is 5.88. The SMILES string of the molecule is CCCNC(=O)NC1(CS(C)=O)CCCCC1. The minimum Gasteiger partial charge on any atom is -0.338 e. The minimum absolute atomic E-state index is 0.112. The monoisotopic (exact) mass is 260 g/mol. The predicted octanol–water partition coefficient (Wildman–Crippen LogP) is 1.78. The predicted molar refractivity (Wildman–Crippen MR) is 71.6 cm³/mol. The molecule has 0 aromatic heterocycles. The average molecular weight is 260 g/mol. The minimum atomic E-state index is -0.867. The Hall–Kier alpha value is -0.580. The van der Waals surface area contributed by atoms with E-state index >= 15 is 0 Å². The van der Waals surface area contributed by atoms with Crippen molar-refractivity contribution in [2.24, 2.45) is 0 Å². The summed E-state index contributed by atoms with van der Waals surface area (Å²) in [4.78, 5) is 11.7. The molecule has 2 amide bonds. The number of hydrogen-bond acceptors (Lipinski definition) is 2. The van der Waals surface area contributed by atoms with Crippen molar-refractivity contribution in [2.45, 2.75) is 51.0 Å². The van der Waals surface area contributed by atoms with Crippen molar-refractivity contribution in [3.05, 3.63) is 0 Å². The van der Waals surface area contributed by atoms with Crippen LogP contribution in [0.15, 0.2) is 0 Å². The third kappa shape index (κ3) is 5.06. The molecule has 0 saturated heterocycles. The summed E-state index contributed by atoms with van der Waals surface area (Å²) in [7, 11) is -0.867.